The molecule has 0 amide bonds. The Kier molecular flexibility index (Phi) is 9.05. The van der Waals surface area contributed by atoms with Crippen LogP contribution in [0.2, 0.25) is 0 Å². The average molecular weight is 553 g/mol. The number of carboxylic acid groups (broad SMARTS) is 1. The molecule has 8 heteroatoms. The van der Waals surface area contributed by atoms with Crippen molar-refractivity contribution in [2.45, 2.75) is 52.2 Å². The number of rotatable bonds is 10. The van der Waals surface area contributed by atoms with Gasteiger partial charge in [0, 0.05) is 53.4 Å². The maximum Gasteiger partial charge on any atom is 0.307 e. The Balaban J connectivity index is 1.69. The van der Waals surface area contributed by atoms with Gasteiger partial charge in [0.2, 0.25) is 0 Å². The second-order valence-corrected chi connectivity index (χ2v) is 12.5. The molecule has 1 atom stereocenters. The molecule has 2 heterocycles. The van der Waals surface area contributed by atoms with Gasteiger partial charge in [-0.05, 0) is 60.6 Å². The van der Waals surface area contributed by atoms with Crippen molar-refractivity contribution in [3.8, 4) is 16.9 Å². The predicted octanol–water partition coefficient (Wildman–Crippen LogP) is 5.95. The Morgan fingerprint density at radius 3 is 2.33 bits per heavy atom. The number of aromatic nitrogens is 1. The van der Waals surface area contributed by atoms with Gasteiger partial charge in [0.05, 0.1) is 30.2 Å². The lowest BCUT2D eigenvalue weighted by Gasteiger charge is -2.40. The van der Waals surface area contributed by atoms with Crippen LogP contribution in [0.5, 0.6) is 5.75 Å². The van der Waals surface area contributed by atoms with E-state index in [-0.39, 0.29) is 23.4 Å². The number of hydrogen-bond donors (Lipinski definition) is 1. The average Bonchev–Trinajstić information content (AvgIpc) is 2.87. The summed E-state index contributed by atoms with van der Waals surface area (Å²) >= 11 is 0. The molecule has 0 bridgehead atoms. The van der Waals surface area contributed by atoms with Crippen molar-refractivity contribution in [2.24, 2.45) is 5.41 Å². The van der Waals surface area contributed by atoms with Gasteiger partial charge in [-0.1, -0.05) is 38.1 Å². The van der Waals surface area contributed by atoms with Gasteiger partial charge in [0.1, 0.15) is 11.6 Å². The summed E-state index contributed by atoms with van der Waals surface area (Å²) in [5, 5.41) is 9.76. The summed E-state index contributed by atoms with van der Waals surface area (Å²) in [5.74, 6) is -0.174. The molecule has 1 unspecified atom stereocenters. The number of nitrogens with zero attached hydrogens (tertiary/aromatic N) is 2. The lowest BCUT2D eigenvalue weighted by Crippen LogP contribution is -2.38. The van der Waals surface area contributed by atoms with Crippen LogP contribution in [0.3, 0.4) is 0 Å². The lowest BCUT2D eigenvalue weighted by atomic mass is 9.82. The first-order valence-corrected chi connectivity index (χ1v) is 15.0. The molecule has 0 radical (unpaired) electrons. The third kappa shape index (κ3) is 7.44. The van der Waals surface area contributed by atoms with Gasteiger partial charge >= 0.3 is 5.97 Å². The van der Waals surface area contributed by atoms with Crippen LogP contribution in [0.25, 0.3) is 11.1 Å². The van der Waals surface area contributed by atoms with E-state index in [0.29, 0.717) is 35.7 Å². The topological polar surface area (TPSA) is 79.7 Å². The zero-order chi connectivity index (χ0) is 28.2. The maximum absolute atomic E-state index is 13.2. The molecule has 39 heavy (non-hydrogen) atoms. The molecule has 1 saturated heterocycles. The molecule has 3 aromatic rings. The van der Waals surface area contributed by atoms with E-state index in [9.17, 15) is 18.5 Å². The standard InChI is InChI=1S/C31H37FN2O4S/c1-21-26(19-28(35)36)30(34-16-14-31(2,3)15-17-34)29(27(33-21)20-39(4)37)23-7-11-25(12-8-23)38-18-13-22-5-9-24(32)10-6-22/h5-12H,13-20H2,1-4H3,(H,35,36). The minimum Gasteiger partial charge on any atom is -0.493 e. The van der Waals surface area contributed by atoms with Crippen molar-refractivity contribution in [3.05, 3.63) is 76.9 Å². The zero-order valence-corrected chi connectivity index (χ0v) is 23.9. The number of halogens is 1. The molecule has 1 aliphatic heterocycles. The Bertz CT molecular complexity index is 1330. The number of hydrogen-bond acceptors (Lipinski definition) is 5. The third-order valence-electron chi connectivity index (χ3n) is 7.37. The summed E-state index contributed by atoms with van der Waals surface area (Å²) in [6, 6.07) is 14.1. The highest BCUT2D eigenvalue weighted by Gasteiger charge is 2.31. The number of carboxylic acids is 1. The van der Waals surface area contributed by atoms with Crippen molar-refractivity contribution >= 4 is 22.5 Å². The summed E-state index contributed by atoms with van der Waals surface area (Å²) in [5.41, 5.74) is 5.95. The van der Waals surface area contributed by atoms with Crippen LogP contribution < -0.4 is 9.64 Å². The molecule has 1 fully saturated rings. The smallest absolute Gasteiger partial charge is 0.307 e. The number of carbonyl (C=O) groups is 1. The van der Waals surface area contributed by atoms with Gasteiger partial charge in [0.15, 0.2) is 0 Å². The first-order chi connectivity index (χ1) is 18.5. The number of piperidine rings is 1. The monoisotopic (exact) mass is 552 g/mol. The van der Waals surface area contributed by atoms with Crippen LogP contribution in [0.1, 0.15) is 49.2 Å². The number of pyridine rings is 1. The summed E-state index contributed by atoms with van der Waals surface area (Å²) in [7, 11) is -1.13. The van der Waals surface area contributed by atoms with Gasteiger partial charge in [-0.3, -0.25) is 14.0 Å². The number of aliphatic carboxylic acids is 1. The minimum atomic E-state index is -1.13. The summed E-state index contributed by atoms with van der Waals surface area (Å²) in [4.78, 5) is 19.0. The quantitative estimate of drug-likeness (QED) is 0.335. The molecule has 1 aromatic heterocycles. The van der Waals surface area contributed by atoms with Gasteiger partial charge < -0.3 is 14.7 Å². The number of ether oxygens (including phenoxy) is 1. The summed E-state index contributed by atoms with van der Waals surface area (Å²) < 4.78 is 31.5. The van der Waals surface area contributed by atoms with Crippen LogP contribution in [-0.4, -0.2) is 46.2 Å². The molecule has 1 N–H and O–H groups in total. The molecular weight excluding hydrogens is 515 g/mol. The number of benzene rings is 2. The molecule has 1 aliphatic rings. The van der Waals surface area contributed by atoms with Crippen molar-refractivity contribution in [2.75, 3.05) is 30.9 Å². The fraction of sp³-hybridized carbons (Fsp3) is 0.419. The second kappa shape index (κ2) is 12.3. The highest BCUT2D eigenvalue weighted by atomic mass is 32.2. The number of anilines is 1. The van der Waals surface area contributed by atoms with Crippen LogP contribution in [-0.2, 0) is 34.2 Å². The van der Waals surface area contributed by atoms with Gasteiger partial charge in [-0.15, -0.1) is 0 Å². The van der Waals surface area contributed by atoms with E-state index in [2.05, 4.69) is 18.7 Å². The molecule has 0 spiro atoms. The van der Waals surface area contributed by atoms with Crippen molar-refractivity contribution in [3.63, 3.8) is 0 Å². The fourth-order valence-electron chi connectivity index (χ4n) is 5.09. The highest BCUT2D eigenvalue weighted by Crippen LogP contribution is 2.42. The summed E-state index contributed by atoms with van der Waals surface area (Å²) in [6.45, 7) is 8.46. The van der Waals surface area contributed by atoms with Crippen molar-refractivity contribution < 1.29 is 23.2 Å². The van der Waals surface area contributed by atoms with Crippen molar-refractivity contribution in [1.29, 1.82) is 0 Å². The molecule has 6 nitrogen and oxygen atoms in total. The van der Waals surface area contributed by atoms with Crippen LogP contribution in [0.4, 0.5) is 10.1 Å². The first-order valence-electron chi connectivity index (χ1n) is 13.3. The Hall–Kier alpha value is -3.26. The predicted molar refractivity (Wildman–Crippen MR) is 154 cm³/mol. The lowest BCUT2D eigenvalue weighted by molar-refractivity contribution is -0.136. The Labute approximate surface area is 232 Å². The first kappa shape index (κ1) is 28.7. The second-order valence-electron chi connectivity index (χ2n) is 11.0. The van der Waals surface area contributed by atoms with E-state index >= 15 is 0 Å². The van der Waals surface area contributed by atoms with Crippen molar-refractivity contribution in [1.82, 2.24) is 4.98 Å². The van der Waals surface area contributed by atoms with Gasteiger partial charge in [0.25, 0.3) is 0 Å². The van der Waals surface area contributed by atoms with Crippen LogP contribution in [0, 0.1) is 18.2 Å². The van der Waals surface area contributed by atoms with Gasteiger partial charge in [-0.2, -0.15) is 0 Å². The normalized spacial score (nSPS) is 15.7. The fourth-order valence-corrected chi connectivity index (χ4v) is 5.68. The van der Waals surface area contributed by atoms with E-state index in [4.69, 9.17) is 9.72 Å². The molecule has 0 saturated carbocycles. The Morgan fingerprint density at radius 2 is 1.74 bits per heavy atom. The maximum atomic E-state index is 13.2. The highest BCUT2D eigenvalue weighted by molar-refractivity contribution is 7.83. The molecule has 0 aliphatic carbocycles. The molecule has 2 aromatic carbocycles. The van der Waals surface area contributed by atoms with Crippen LogP contribution >= 0.6 is 0 Å². The molecule has 208 valence electrons. The van der Waals surface area contributed by atoms with E-state index in [0.717, 1.165) is 48.3 Å². The SMILES string of the molecule is Cc1nc(CS(C)=O)c(-c2ccc(OCCc3ccc(F)cc3)cc2)c(N2CCC(C)(C)CC2)c1CC(=O)O. The van der Waals surface area contributed by atoms with Crippen LogP contribution in [0.15, 0.2) is 48.5 Å². The van der Waals surface area contributed by atoms with E-state index in [1.165, 1.54) is 12.1 Å². The summed E-state index contributed by atoms with van der Waals surface area (Å²) in [6.07, 6.45) is 4.19. The Morgan fingerprint density at radius 1 is 1.10 bits per heavy atom. The van der Waals surface area contributed by atoms with E-state index in [1.807, 2.05) is 31.2 Å². The zero-order valence-electron chi connectivity index (χ0n) is 23.1. The van der Waals surface area contributed by atoms with E-state index < -0.39 is 16.8 Å². The van der Waals surface area contributed by atoms with Gasteiger partial charge in [-0.25, -0.2) is 4.39 Å². The molecule has 4 rings (SSSR count). The number of aryl methyl sites for hydroxylation is 1. The third-order valence-corrected chi connectivity index (χ3v) is 8.05. The minimum absolute atomic E-state index is 0.124. The largest absolute Gasteiger partial charge is 0.493 e. The van der Waals surface area contributed by atoms with E-state index in [1.54, 1.807) is 18.4 Å². The molecular formula is C31H37FN2O4S.